The van der Waals surface area contributed by atoms with Crippen molar-refractivity contribution >= 4 is 22.3 Å². The molecule has 1 aromatic carbocycles. The molecule has 0 aliphatic rings. The number of fused-ring (bicyclic) bond motifs is 1. The van der Waals surface area contributed by atoms with Crippen LogP contribution < -0.4 is 10.6 Å². The van der Waals surface area contributed by atoms with Crippen molar-refractivity contribution < 1.29 is 4.42 Å². The summed E-state index contributed by atoms with van der Waals surface area (Å²) in [6.45, 7) is 2.72. The predicted molar refractivity (Wildman–Crippen MR) is 81.7 cm³/mol. The lowest BCUT2D eigenvalue weighted by molar-refractivity contribution is 0.529. The number of pyridine rings is 1. The van der Waals surface area contributed by atoms with Crippen LogP contribution in [0.5, 0.6) is 0 Å². The van der Waals surface area contributed by atoms with Crippen LogP contribution in [0.2, 0.25) is 0 Å². The van der Waals surface area contributed by atoms with Crippen LogP contribution in [0.4, 0.5) is 11.4 Å². The molecular weight excluding hydrogens is 250 g/mol. The molecule has 0 atom stereocenters. The maximum atomic E-state index is 6.13. The predicted octanol–water partition coefficient (Wildman–Crippen LogP) is 3.35. The Balaban J connectivity index is 2.05. The Morgan fingerprint density at radius 2 is 2.05 bits per heavy atom. The summed E-state index contributed by atoms with van der Waals surface area (Å²) >= 11 is 0. The van der Waals surface area contributed by atoms with Gasteiger partial charge in [-0.05, 0) is 19.1 Å². The van der Waals surface area contributed by atoms with Crippen LogP contribution in [0.15, 0.2) is 47.2 Å². The molecule has 4 nitrogen and oxygen atoms in total. The fraction of sp³-hybridized carbons (Fsp3) is 0.188. The molecule has 3 aromatic rings. The van der Waals surface area contributed by atoms with Gasteiger partial charge in [0.05, 0.1) is 29.4 Å². The van der Waals surface area contributed by atoms with Crippen LogP contribution in [0.1, 0.15) is 11.3 Å². The minimum absolute atomic E-state index is 0.687. The van der Waals surface area contributed by atoms with Crippen LogP contribution >= 0.6 is 0 Å². The van der Waals surface area contributed by atoms with Gasteiger partial charge in [-0.3, -0.25) is 4.98 Å². The lowest BCUT2D eigenvalue weighted by atomic mass is 10.1. The molecule has 0 amide bonds. The molecule has 0 aliphatic carbocycles. The molecule has 20 heavy (non-hydrogen) atoms. The molecule has 0 saturated heterocycles. The number of nitrogen functional groups attached to an aromatic ring is 1. The average molecular weight is 267 g/mol. The lowest BCUT2D eigenvalue weighted by Gasteiger charge is -2.22. The summed E-state index contributed by atoms with van der Waals surface area (Å²) in [4.78, 5) is 6.50. The molecule has 0 spiro atoms. The van der Waals surface area contributed by atoms with E-state index in [0.717, 1.165) is 34.5 Å². The Bertz CT molecular complexity index is 748. The summed E-state index contributed by atoms with van der Waals surface area (Å²) in [6, 6.07) is 10.0. The van der Waals surface area contributed by atoms with Gasteiger partial charge in [0.1, 0.15) is 5.76 Å². The highest BCUT2D eigenvalue weighted by atomic mass is 16.3. The molecule has 4 heteroatoms. The third-order valence-corrected chi connectivity index (χ3v) is 3.53. The number of hydrogen-bond donors (Lipinski definition) is 1. The van der Waals surface area contributed by atoms with Gasteiger partial charge in [-0.1, -0.05) is 18.2 Å². The van der Waals surface area contributed by atoms with E-state index in [0.29, 0.717) is 5.69 Å². The molecule has 2 N–H and O–H groups in total. The Kier molecular flexibility index (Phi) is 3.06. The zero-order valence-corrected chi connectivity index (χ0v) is 11.6. The van der Waals surface area contributed by atoms with Crippen molar-refractivity contribution in [2.75, 3.05) is 17.7 Å². The second kappa shape index (κ2) is 4.89. The summed E-state index contributed by atoms with van der Waals surface area (Å²) in [5.74, 6) is 0.939. The first kappa shape index (κ1) is 12.5. The summed E-state index contributed by atoms with van der Waals surface area (Å²) in [7, 11) is 2.03. The van der Waals surface area contributed by atoms with E-state index in [4.69, 9.17) is 10.2 Å². The Labute approximate surface area is 117 Å². The van der Waals surface area contributed by atoms with Crippen LogP contribution in [0.25, 0.3) is 10.9 Å². The highest BCUT2D eigenvalue weighted by Crippen LogP contribution is 2.31. The van der Waals surface area contributed by atoms with Gasteiger partial charge in [-0.15, -0.1) is 0 Å². The van der Waals surface area contributed by atoms with E-state index in [-0.39, 0.29) is 0 Å². The fourth-order valence-electron chi connectivity index (χ4n) is 2.48. The molecule has 2 heterocycles. The SMILES string of the molecule is Cc1occc1CN(C)c1c(N)cnc2ccccc12. The molecule has 0 bridgehead atoms. The van der Waals surface area contributed by atoms with E-state index in [1.54, 1.807) is 12.5 Å². The molecule has 2 aromatic heterocycles. The fourth-order valence-corrected chi connectivity index (χ4v) is 2.48. The second-order valence-electron chi connectivity index (χ2n) is 4.94. The monoisotopic (exact) mass is 267 g/mol. The van der Waals surface area contributed by atoms with E-state index in [9.17, 15) is 0 Å². The smallest absolute Gasteiger partial charge is 0.105 e. The van der Waals surface area contributed by atoms with Gasteiger partial charge in [0.2, 0.25) is 0 Å². The number of aromatic nitrogens is 1. The first-order chi connectivity index (χ1) is 9.66. The molecule has 0 radical (unpaired) electrons. The van der Waals surface area contributed by atoms with Gasteiger partial charge < -0.3 is 15.1 Å². The summed E-state index contributed by atoms with van der Waals surface area (Å²) in [6.07, 6.45) is 3.43. The number of hydrogen-bond acceptors (Lipinski definition) is 4. The van der Waals surface area contributed by atoms with E-state index >= 15 is 0 Å². The molecule has 102 valence electrons. The highest BCUT2D eigenvalue weighted by Gasteiger charge is 2.13. The van der Waals surface area contributed by atoms with Crippen LogP contribution in [-0.2, 0) is 6.54 Å². The van der Waals surface area contributed by atoms with E-state index in [1.165, 1.54) is 0 Å². The van der Waals surface area contributed by atoms with Crippen molar-refractivity contribution in [2.24, 2.45) is 0 Å². The number of nitrogens with zero attached hydrogens (tertiary/aromatic N) is 2. The third kappa shape index (κ3) is 2.09. The first-order valence-corrected chi connectivity index (χ1v) is 6.54. The van der Waals surface area contributed by atoms with Gasteiger partial charge in [0, 0.05) is 24.5 Å². The summed E-state index contributed by atoms with van der Waals surface area (Å²) < 4.78 is 5.35. The van der Waals surface area contributed by atoms with Gasteiger partial charge in [-0.25, -0.2) is 0 Å². The topological polar surface area (TPSA) is 55.3 Å². The zero-order chi connectivity index (χ0) is 14.1. The van der Waals surface area contributed by atoms with Crippen LogP contribution in [0.3, 0.4) is 0 Å². The van der Waals surface area contributed by atoms with Crippen molar-refractivity contribution in [3.8, 4) is 0 Å². The van der Waals surface area contributed by atoms with Crippen molar-refractivity contribution in [3.05, 3.63) is 54.1 Å². The van der Waals surface area contributed by atoms with Gasteiger partial charge in [0.15, 0.2) is 0 Å². The molecule has 0 unspecified atom stereocenters. The molecule has 0 aliphatic heterocycles. The number of anilines is 2. The first-order valence-electron chi connectivity index (χ1n) is 6.54. The summed E-state index contributed by atoms with van der Waals surface area (Å²) in [5.41, 5.74) is 9.94. The van der Waals surface area contributed by atoms with Crippen molar-refractivity contribution in [1.82, 2.24) is 4.98 Å². The van der Waals surface area contributed by atoms with E-state index in [1.807, 2.05) is 44.3 Å². The Morgan fingerprint density at radius 3 is 2.80 bits per heavy atom. The number of nitrogens with two attached hydrogens (primary N) is 1. The quantitative estimate of drug-likeness (QED) is 0.790. The largest absolute Gasteiger partial charge is 0.469 e. The lowest BCUT2D eigenvalue weighted by Crippen LogP contribution is -2.18. The van der Waals surface area contributed by atoms with E-state index in [2.05, 4.69) is 9.88 Å². The standard InChI is InChI=1S/C16H17N3O/c1-11-12(7-8-20-11)10-19(2)16-13-5-3-4-6-15(13)18-9-14(16)17/h3-9H,10,17H2,1-2H3. The van der Waals surface area contributed by atoms with Gasteiger partial charge in [-0.2, -0.15) is 0 Å². The minimum atomic E-state index is 0.687. The number of rotatable bonds is 3. The maximum absolute atomic E-state index is 6.13. The van der Waals surface area contributed by atoms with Crippen molar-refractivity contribution in [2.45, 2.75) is 13.5 Å². The number of benzene rings is 1. The van der Waals surface area contributed by atoms with Crippen LogP contribution in [0, 0.1) is 6.92 Å². The average Bonchev–Trinajstić information content (AvgIpc) is 2.84. The molecule has 3 rings (SSSR count). The van der Waals surface area contributed by atoms with Gasteiger partial charge in [0.25, 0.3) is 0 Å². The molecule has 0 fully saturated rings. The second-order valence-corrected chi connectivity index (χ2v) is 4.94. The number of aryl methyl sites for hydroxylation is 1. The van der Waals surface area contributed by atoms with Crippen LogP contribution in [-0.4, -0.2) is 12.0 Å². The van der Waals surface area contributed by atoms with Gasteiger partial charge >= 0.3 is 0 Å². The molecular formula is C16H17N3O. The van der Waals surface area contributed by atoms with Crippen molar-refractivity contribution in [3.63, 3.8) is 0 Å². The Morgan fingerprint density at radius 1 is 1.25 bits per heavy atom. The minimum Gasteiger partial charge on any atom is -0.469 e. The normalized spacial score (nSPS) is 10.9. The Hall–Kier alpha value is -2.49. The zero-order valence-electron chi connectivity index (χ0n) is 11.6. The maximum Gasteiger partial charge on any atom is 0.105 e. The van der Waals surface area contributed by atoms with E-state index < -0.39 is 0 Å². The summed E-state index contributed by atoms with van der Waals surface area (Å²) in [5, 5.41) is 1.07. The third-order valence-electron chi connectivity index (χ3n) is 3.53. The number of furan rings is 1. The van der Waals surface area contributed by atoms with Crippen molar-refractivity contribution in [1.29, 1.82) is 0 Å². The number of para-hydroxylation sites is 1. The highest BCUT2D eigenvalue weighted by molar-refractivity contribution is 5.97. The molecule has 0 saturated carbocycles.